The zero-order valence-corrected chi connectivity index (χ0v) is 11.2. The van der Waals surface area contributed by atoms with E-state index in [1.165, 1.54) is 0 Å². The lowest BCUT2D eigenvalue weighted by Crippen LogP contribution is -2.33. The quantitative estimate of drug-likeness (QED) is 0.780. The first-order valence-electron chi connectivity index (χ1n) is 6.66. The van der Waals surface area contributed by atoms with Crippen LogP contribution >= 0.6 is 0 Å². The van der Waals surface area contributed by atoms with Crippen LogP contribution in [0.25, 0.3) is 0 Å². The molecule has 0 aliphatic carbocycles. The molecule has 100 valence electrons. The van der Waals surface area contributed by atoms with Crippen molar-refractivity contribution >= 4 is 5.91 Å². The smallest absolute Gasteiger partial charge is 0.251 e. The van der Waals surface area contributed by atoms with Crippen LogP contribution in [0.15, 0.2) is 30.3 Å². The van der Waals surface area contributed by atoms with E-state index in [0.29, 0.717) is 12.1 Å². The van der Waals surface area contributed by atoms with Gasteiger partial charge in [-0.1, -0.05) is 44.9 Å². The predicted molar refractivity (Wildman–Crippen MR) is 73.5 cm³/mol. The minimum Gasteiger partial charge on any atom is -0.393 e. The number of carbonyl (C=O) groups excluding carboxylic acids is 1. The highest BCUT2D eigenvalue weighted by Crippen LogP contribution is 2.10. The van der Waals surface area contributed by atoms with E-state index in [1.54, 1.807) is 12.1 Å². The van der Waals surface area contributed by atoms with Gasteiger partial charge in [-0.2, -0.15) is 0 Å². The van der Waals surface area contributed by atoms with Crippen LogP contribution in [-0.4, -0.2) is 23.7 Å². The van der Waals surface area contributed by atoms with Gasteiger partial charge in [0, 0.05) is 12.1 Å². The van der Waals surface area contributed by atoms with Gasteiger partial charge in [0.1, 0.15) is 0 Å². The van der Waals surface area contributed by atoms with E-state index in [9.17, 15) is 9.90 Å². The number of rotatable bonds is 7. The minimum atomic E-state index is -0.332. The Bertz CT molecular complexity index is 351. The molecule has 1 amide bonds. The first-order valence-corrected chi connectivity index (χ1v) is 6.66. The molecule has 0 radical (unpaired) electrons. The van der Waals surface area contributed by atoms with E-state index in [2.05, 4.69) is 12.2 Å². The largest absolute Gasteiger partial charge is 0.393 e. The van der Waals surface area contributed by atoms with Crippen LogP contribution < -0.4 is 5.32 Å². The van der Waals surface area contributed by atoms with Crippen molar-refractivity contribution in [1.82, 2.24) is 5.32 Å². The molecule has 2 unspecified atom stereocenters. The Hall–Kier alpha value is -1.35. The molecule has 0 aromatic heterocycles. The van der Waals surface area contributed by atoms with Gasteiger partial charge >= 0.3 is 0 Å². The van der Waals surface area contributed by atoms with E-state index < -0.39 is 0 Å². The molecule has 0 bridgehead atoms. The van der Waals surface area contributed by atoms with E-state index in [-0.39, 0.29) is 17.9 Å². The van der Waals surface area contributed by atoms with Crippen LogP contribution in [0.5, 0.6) is 0 Å². The molecule has 0 aliphatic heterocycles. The van der Waals surface area contributed by atoms with E-state index in [4.69, 9.17) is 0 Å². The number of aliphatic hydroxyl groups excluding tert-OH is 1. The Balaban J connectivity index is 2.34. The van der Waals surface area contributed by atoms with Crippen LogP contribution in [0, 0.1) is 5.92 Å². The Morgan fingerprint density at radius 2 is 2.00 bits per heavy atom. The molecule has 3 nitrogen and oxygen atoms in total. The molecule has 0 saturated heterocycles. The molecule has 3 heteroatoms. The van der Waals surface area contributed by atoms with Gasteiger partial charge < -0.3 is 10.4 Å². The fraction of sp³-hybridized carbons (Fsp3) is 0.533. The van der Waals surface area contributed by atoms with E-state index in [0.717, 1.165) is 19.3 Å². The molecule has 0 spiro atoms. The van der Waals surface area contributed by atoms with Crippen molar-refractivity contribution in [2.75, 3.05) is 6.54 Å². The van der Waals surface area contributed by atoms with Crippen LogP contribution in [0.1, 0.15) is 43.5 Å². The lowest BCUT2D eigenvalue weighted by Gasteiger charge is -2.19. The van der Waals surface area contributed by atoms with Crippen molar-refractivity contribution in [3.05, 3.63) is 35.9 Å². The summed E-state index contributed by atoms with van der Waals surface area (Å²) in [5.74, 6) is 0.00866. The van der Waals surface area contributed by atoms with Gasteiger partial charge in [0.15, 0.2) is 0 Å². The molecule has 0 heterocycles. The molecule has 2 atom stereocenters. The third-order valence-electron chi connectivity index (χ3n) is 3.13. The van der Waals surface area contributed by atoms with Gasteiger partial charge in [-0.05, 0) is 24.5 Å². The predicted octanol–water partition coefficient (Wildman–Crippen LogP) is 2.60. The summed E-state index contributed by atoms with van der Waals surface area (Å²) in [6, 6.07) is 9.14. The van der Waals surface area contributed by atoms with Crippen molar-refractivity contribution in [3.8, 4) is 0 Å². The Morgan fingerprint density at radius 3 is 2.61 bits per heavy atom. The summed E-state index contributed by atoms with van der Waals surface area (Å²) in [4.78, 5) is 11.8. The summed E-state index contributed by atoms with van der Waals surface area (Å²) in [5.41, 5.74) is 0.660. The summed E-state index contributed by atoms with van der Waals surface area (Å²) >= 11 is 0. The normalized spacial score (nSPS) is 13.9. The summed E-state index contributed by atoms with van der Waals surface area (Å²) < 4.78 is 0. The van der Waals surface area contributed by atoms with Crippen molar-refractivity contribution in [2.45, 2.75) is 39.2 Å². The van der Waals surface area contributed by atoms with E-state index >= 15 is 0 Å². The fourth-order valence-corrected chi connectivity index (χ4v) is 1.78. The SMILES string of the molecule is CCCCC(O)C(C)CNC(=O)c1ccccc1. The Morgan fingerprint density at radius 1 is 1.33 bits per heavy atom. The maximum absolute atomic E-state index is 11.8. The number of carbonyl (C=O) groups is 1. The number of nitrogens with one attached hydrogen (secondary N) is 1. The molecular formula is C15H23NO2. The molecule has 18 heavy (non-hydrogen) atoms. The highest BCUT2D eigenvalue weighted by atomic mass is 16.3. The molecule has 0 fully saturated rings. The van der Waals surface area contributed by atoms with Crippen LogP contribution in [0.2, 0.25) is 0 Å². The number of hydrogen-bond donors (Lipinski definition) is 2. The maximum atomic E-state index is 11.8. The monoisotopic (exact) mass is 249 g/mol. The summed E-state index contributed by atoms with van der Waals surface area (Å²) in [6.45, 7) is 4.58. The third-order valence-corrected chi connectivity index (χ3v) is 3.13. The third kappa shape index (κ3) is 4.88. The van der Waals surface area contributed by atoms with Gasteiger partial charge in [-0.3, -0.25) is 4.79 Å². The van der Waals surface area contributed by atoms with Crippen molar-refractivity contribution < 1.29 is 9.90 Å². The second kappa shape index (κ2) is 7.88. The maximum Gasteiger partial charge on any atom is 0.251 e. The van der Waals surface area contributed by atoms with Crippen LogP contribution in [-0.2, 0) is 0 Å². The average molecular weight is 249 g/mol. The average Bonchev–Trinajstić information content (AvgIpc) is 2.42. The number of unbranched alkanes of at least 4 members (excludes halogenated alkanes) is 1. The van der Waals surface area contributed by atoms with Gasteiger partial charge in [0.25, 0.3) is 5.91 Å². The molecular weight excluding hydrogens is 226 g/mol. The molecule has 1 aromatic carbocycles. The van der Waals surface area contributed by atoms with Gasteiger partial charge in [-0.15, -0.1) is 0 Å². The van der Waals surface area contributed by atoms with Crippen LogP contribution in [0.3, 0.4) is 0 Å². The first-order chi connectivity index (χ1) is 8.65. The zero-order chi connectivity index (χ0) is 13.4. The number of hydrogen-bond acceptors (Lipinski definition) is 2. The van der Waals surface area contributed by atoms with Crippen molar-refractivity contribution in [1.29, 1.82) is 0 Å². The molecule has 2 N–H and O–H groups in total. The highest BCUT2D eigenvalue weighted by Gasteiger charge is 2.14. The minimum absolute atomic E-state index is 0.0786. The molecule has 1 aromatic rings. The number of aliphatic hydroxyl groups is 1. The Kier molecular flexibility index (Phi) is 6.44. The lowest BCUT2D eigenvalue weighted by atomic mass is 9.99. The Labute approximate surface area is 109 Å². The number of benzene rings is 1. The van der Waals surface area contributed by atoms with Gasteiger partial charge in [0.05, 0.1) is 6.10 Å². The topological polar surface area (TPSA) is 49.3 Å². The first kappa shape index (κ1) is 14.7. The lowest BCUT2D eigenvalue weighted by molar-refractivity contribution is 0.0873. The molecule has 0 saturated carbocycles. The summed E-state index contributed by atoms with van der Waals surface area (Å²) in [6.07, 6.45) is 2.58. The van der Waals surface area contributed by atoms with Gasteiger partial charge in [-0.25, -0.2) is 0 Å². The zero-order valence-electron chi connectivity index (χ0n) is 11.2. The van der Waals surface area contributed by atoms with Gasteiger partial charge in [0.2, 0.25) is 0 Å². The fourth-order valence-electron chi connectivity index (χ4n) is 1.78. The van der Waals surface area contributed by atoms with Crippen LogP contribution in [0.4, 0.5) is 0 Å². The van der Waals surface area contributed by atoms with Crippen molar-refractivity contribution in [3.63, 3.8) is 0 Å². The summed E-state index contributed by atoms with van der Waals surface area (Å²) in [7, 11) is 0. The van der Waals surface area contributed by atoms with E-state index in [1.807, 2.05) is 25.1 Å². The summed E-state index contributed by atoms with van der Waals surface area (Å²) in [5, 5.41) is 12.7. The second-order valence-electron chi connectivity index (χ2n) is 4.76. The number of amides is 1. The molecule has 0 aliphatic rings. The van der Waals surface area contributed by atoms with Crippen molar-refractivity contribution in [2.24, 2.45) is 5.92 Å². The molecule has 1 rings (SSSR count). The standard InChI is InChI=1S/C15H23NO2/c1-3-4-10-14(17)12(2)11-16-15(18)13-8-6-5-7-9-13/h5-9,12,14,17H,3-4,10-11H2,1-2H3,(H,16,18). The second-order valence-corrected chi connectivity index (χ2v) is 4.76. The highest BCUT2D eigenvalue weighted by molar-refractivity contribution is 5.94.